The third kappa shape index (κ3) is 3.96. The molecule has 0 N–H and O–H groups in total. The molecule has 0 spiro atoms. The van der Waals surface area contributed by atoms with Crippen molar-refractivity contribution in [2.75, 3.05) is 31.1 Å². The van der Waals surface area contributed by atoms with Crippen LogP contribution in [0.1, 0.15) is 42.5 Å². The van der Waals surface area contributed by atoms with Gasteiger partial charge in [0.2, 0.25) is 0 Å². The molecular formula is C22H28N4O2. The number of nitrogens with zero attached hydrogens (tertiary/aromatic N) is 4. The zero-order chi connectivity index (χ0) is 19.7. The first-order valence-electron chi connectivity index (χ1n) is 10.1. The fourth-order valence-corrected chi connectivity index (χ4v) is 3.61. The molecule has 1 aliphatic heterocycles. The lowest BCUT2D eigenvalue weighted by Gasteiger charge is -2.36. The van der Waals surface area contributed by atoms with Crippen molar-refractivity contribution >= 4 is 11.7 Å². The van der Waals surface area contributed by atoms with E-state index in [1.807, 2.05) is 43.9 Å². The number of aryl methyl sites for hydroxylation is 1. The van der Waals surface area contributed by atoms with Crippen LogP contribution >= 0.6 is 0 Å². The van der Waals surface area contributed by atoms with E-state index in [4.69, 9.17) is 4.74 Å². The minimum atomic E-state index is -0.496. The van der Waals surface area contributed by atoms with Gasteiger partial charge in [-0.3, -0.25) is 4.79 Å². The minimum Gasteiger partial charge on any atom is -0.481 e. The van der Waals surface area contributed by atoms with Crippen molar-refractivity contribution in [2.45, 2.75) is 45.6 Å². The van der Waals surface area contributed by atoms with Gasteiger partial charge in [-0.25, -0.2) is 0 Å². The molecule has 1 atom stereocenters. The molecule has 1 aromatic carbocycles. The van der Waals surface area contributed by atoms with Crippen molar-refractivity contribution in [3.63, 3.8) is 0 Å². The third-order valence-corrected chi connectivity index (χ3v) is 5.79. The molecule has 28 heavy (non-hydrogen) atoms. The van der Waals surface area contributed by atoms with Crippen LogP contribution in [0.15, 0.2) is 30.3 Å². The van der Waals surface area contributed by atoms with E-state index in [2.05, 4.69) is 27.2 Å². The summed E-state index contributed by atoms with van der Waals surface area (Å²) in [4.78, 5) is 16.9. The number of anilines is 1. The van der Waals surface area contributed by atoms with Crippen LogP contribution in [0.5, 0.6) is 5.75 Å². The maximum absolute atomic E-state index is 12.8. The number of piperazine rings is 1. The van der Waals surface area contributed by atoms with E-state index in [9.17, 15) is 4.79 Å². The monoisotopic (exact) mass is 380 g/mol. The highest BCUT2D eigenvalue weighted by Crippen LogP contribution is 2.38. The summed E-state index contributed by atoms with van der Waals surface area (Å²) in [5.41, 5.74) is 3.36. The molecule has 1 saturated carbocycles. The SMILES string of the molecule is Cc1cccc(O[C@@H](C)C(=O)N2CCN(c3ccc(C4CC4)nn3)CC2)c1C. The Morgan fingerprint density at radius 2 is 1.82 bits per heavy atom. The summed E-state index contributed by atoms with van der Waals surface area (Å²) in [5.74, 6) is 2.34. The fourth-order valence-electron chi connectivity index (χ4n) is 3.61. The molecule has 1 aliphatic carbocycles. The molecule has 2 heterocycles. The van der Waals surface area contributed by atoms with Crippen LogP contribution < -0.4 is 9.64 Å². The molecule has 6 nitrogen and oxygen atoms in total. The fraction of sp³-hybridized carbons (Fsp3) is 0.500. The quantitative estimate of drug-likeness (QED) is 0.798. The number of hydrogen-bond donors (Lipinski definition) is 0. The zero-order valence-electron chi connectivity index (χ0n) is 16.9. The van der Waals surface area contributed by atoms with Crippen LogP contribution in [0.2, 0.25) is 0 Å². The first-order chi connectivity index (χ1) is 13.5. The average Bonchev–Trinajstić information content (AvgIpc) is 3.56. The molecule has 0 bridgehead atoms. The number of hydrogen-bond acceptors (Lipinski definition) is 5. The summed E-state index contributed by atoms with van der Waals surface area (Å²) >= 11 is 0. The molecule has 148 valence electrons. The molecule has 1 amide bonds. The van der Waals surface area contributed by atoms with Gasteiger partial charge < -0.3 is 14.5 Å². The van der Waals surface area contributed by atoms with Gasteiger partial charge in [0.05, 0.1) is 5.69 Å². The summed E-state index contributed by atoms with van der Waals surface area (Å²) in [6, 6.07) is 10.1. The van der Waals surface area contributed by atoms with Crippen molar-refractivity contribution in [2.24, 2.45) is 0 Å². The van der Waals surface area contributed by atoms with Crippen LogP contribution in [0.25, 0.3) is 0 Å². The second kappa shape index (κ2) is 7.78. The third-order valence-electron chi connectivity index (χ3n) is 5.79. The van der Waals surface area contributed by atoms with E-state index in [0.717, 1.165) is 35.9 Å². The second-order valence-electron chi connectivity index (χ2n) is 7.86. The summed E-state index contributed by atoms with van der Waals surface area (Å²) in [6.07, 6.45) is 1.97. The molecule has 0 radical (unpaired) electrons. The normalized spacial score (nSPS) is 18.1. The van der Waals surface area contributed by atoms with Crippen LogP contribution in [0.3, 0.4) is 0 Å². The van der Waals surface area contributed by atoms with E-state index in [1.54, 1.807) is 0 Å². The highest BCUT2D eigenvalue weighted by Gasteiger charge is 2.28. The Morgan fingerprint density at radius 3 is 2.46 bits per heavy atom. The number of benzene rings is 1. The number of aromatic nitrogens is 2. The van der Waals surface area contributed by atoms with Gasteiger partial charge in [0.25, 0.3) is 5.91 Å². The van der Waals surface area contributed by atoms with Gasteiger partial charge in [0.15, 0.2) is 11.9 Å². The van der Waals surface area contributed by atoms with E-state index in [-0.39, 0.29) is 5.91 Å². The summed E-state index contributed by atoms with van der Waals surface area (Å²) in [6.45, 7) is 8.78. The maximum atomic E-state index is 12.8. The molecular weight excluding hydrogens is 352 g/mol. The molecule has 6 heteroatoms. The lowest BCUT2D eigenvalue weighted by Crippen LogP contribution is -2.52. The summed E-state index contributed by atoms with van der Waals surface area (Å²) in [7, 11) is 0. The summed E-state index contributed by atoms with van der Waals surface area (Å²) < 4.78 is 5.97. The highest BCUT2D eigenvalue weighted by molar-refractivity contribution is 5.81. The molecule has 1 aromatic heterocycles. The van der Waals surface area contributed by atoms with Crippen molar-refractivity contribution < 1.29 is 9.53 Å². The Morgan fingerprint density at radius 1 is 1.07 bits per heavy atom. The second-order valence-corrected chi connectivity index (χ2v) is 7.86. The molecule has 2 fully saturated rings. The number of ether oxygens (including phenoxy) is 1. The van der Waals surface area contributed by atoms with Crippen LogP contribution in [-0.2, 0) is 4.79 Å². The Bertz CT molecular complexity index is 840. The Labute approximate surface area is 166 Å². The largest absolute Gasteiger partial charge is 0.481 e. The summed E-state index contributed by atoms with van der Waals surface area (Å²) in [5, 5.41) is 8.76. The highest BCUT2D eigenvalue weighted by atomic mass is 16.5. The van der Waals surface area contributed by atoms with Crippen molar-refractivity contribution in [3.8, 4) is 5.75 Å². The lowest BCUT2D eigenvalue weighted by molar-refractivity contribution is -0.138. The average molecular weight is 380 g/mol. The van der Waals surface area contributed by atoms with Gasteiger partial charge in [-0.1, -0.05) is 12.1 Å². The first kappa shape index (κ1) is 18.7. The van der Waals surface area contributed by atoms with Crippen LogP contribution in [-0.4, -0.2) is 53.3 Å². The van der Waals surface area contributed by atoms with E-state index in [1.165, 1.54) is 18.4 Å². The van der Waals surface area contributed by atoms with Gasteiger partial charge in [-0.05, 0) is 62.9 Å². The predicted octanol–water partition coefficient (Wildman–Crippen LogP) is 3.09. The van der Waals surface area contributed by atoms with Gasteiger partial charge in [-0.15, -0.1) is 5.10 Å². The zero-order valence-corrected chi connectivity index (χ0v) is 16.9. The lowest BCUT2D eigenvalue weighted by atomic mass is 10.1. The number of amides is 1. The van der Waals surface area contributed by atoms with Crippen molar-refractivity contribution in [1.82, 2.24) is 15.1 Å². The minimum absolute atomic E-state index is 0.0377. The molecule has 4 rings (SSSR count). The van der Waals surface area contributed by atoms with Crippen molar-refractivity contribution in [3.05, 3.63) is 47.2 Å². The van der Waals surface area contributed by atoms with Crippen LogP contribution in [0, 0.1) is 13.8 Å². The van der Waals surface area contributed by atoms with Crippen molar-refractivity contribution in [1.29, 1.82) is 0 Å². The van der Waals surface area contributed by atoms with Gasteiger partial charge in [0, 0.05) is 32.1 Å². The topological polar surface area (TPSA) is 58.6 Å². The predicted molar refractivity (Wildman–Crippen MR) is 109 cm³/mol. The molecule has 2 aromatic rings. The Kier molecular flexibility index (Phi) is 5.20. The molecule has 1 saturated heterocycles. The smallest absolute Gasteiger partial charge is 0.263 e. The Hall–Kier alpha value is -2.63. The van der Waals surface area contributed by atoms with Gasteiger partial charge in [-0.2, -0.15) is 5.10 Å². The molecule has 0 unspecified atom stereocenters. The van der Waals surface area contributed by atoms with Gasteiger partial charge >= 0.3 is 0 Å². The van der Waals surface area contributed by atoms with Gasteiger partial charge in [0.1, 0.15) is 5.75 Å². The standard InChI is InChI=1S/C22H28N4O2/c1-15-5-4-6-20(16(15)2)28-17(3)22(27)26-13-11-25(12-14-26)21-10-9-19(23-24-21)18-7-8-18/h4-6,9-10,17-18H,7-8,11-14H2,1-3H3/t17-/m0/s1. The first-order valence-corrected chi connectivity index (χ1v) is 10.1. The number of carbonyl (C=O) groups excluding carboxylic acids is 1. The van der Waals surface area contributed by atoms with E-state index in [0.29, 0.717) is 19.0 Å². The molecule has 2 aliphatic rings. The van der Waals surface area contributed by atoms with E-state index >= 15 is 0 Å². The van der Waals surface area contributed by atoms with Crippen LogP contribution in [0.4, 0.5) is 5.82 Å². The number of rotatable bonds is 5. The van der Waals surface area contributed by atoms with E-state index < -0.39 is 6.10 Å². The Balaban J connectivity index is 1.32. The number of carbonyl (C=O) groups is 1. The maximum Gasteiger partial charge on any atom is 0.263 e.